The molecule has 2 heteroatoms. The van der Waals surface area contributed by atoms with E-state index >= 15 is 0 Å². The molecule has 0 aromatic heterocycles. The van der Waals surface area contributed by atoms with Crippen molar-refractivity contribution in [1.82, 2.24) is 0 Å². The van der Waals surface area contributed by atoms with Gasteiger partial charge in [-0.15, -0.1) is 0 Å². The van der Waals surface area contributed by atoms with Crippen molar-refractivity contribution in [1.29, 1.82) is 0 Å². The van der Waals surface area contributed by atoms with Crippen molar-refractivity contribution >= 4 is 11.8 Å². The predicted molar refractivity (Wildman–Crippen MR) is 50.7 cm³/mol. The van der Waals surface area contributed by atoms with Crippen LogP contribution in [0.15, 0.2) is 0 Å². The third-order valence-corrected chi connectivity index (χ3v) is 5.45. The normalized spacial score (nSPS) is 53.5. The highest BCUT2D eigenvalue weighted by Crippen LogP contribution is 2.70. The van der Waals surface area contributed by atoms with Gasteiger partial charge in [-0.2, -0.15) is 11.8 Å². The zero-order valence-electron chi connectivity index (χ0n) is 7.55. The first kappa shape index (κ1) is 7.93. The van der Waals surface area contributed by atoms with Crippen LogP contribution in [0.4, 0.5) is 0 Å². The quantitative estimate of drug-likeness (QED) is 0.600. The van der Waals surface area contributed by atoms with Gasteiger partial charge in [-0.05, 0) is 17.1 Å². The Balaban J connectivity index is 2.26. The van der Waals surface area contributed by atoms with E-state index in [-0.39, 0.29) is 0 Å². The maximum atomic E-state index is 6.12. The summed E-state index contributed by atoms with van der Waals surface area (Å²) in [6, 6.07) is 0.458. The molecule has 0 radical (unpaired) electrons. The minimum Gasteiger partial charge on any atom is -0.327 e. The van der Waals surface area contributed by atoms with Gasteiger partial charge in [-0.3, -0.25) is 0 Å². The first-order chi connectivity index (χ1) is 5.03. The van der Waals surface area contributed by atoms with Gasteiger partial charge in [0.05, 0.1) is 0 Å². The molecule has 1 heterocycles. The van der Waals surface area contributed by atoms with Gasteiger partial charge in [0, 0.05) is 17.2 Å². The number of nitrogens with two attached hydrogens (primary N) is 1. The Kier molecular flexibility index (Phi) is 1.42. The van der Waals surface area contributed by atoms with Crippen LogP contribution in [0.5, 0.6) is 0 Å². The molecule has 1 spiro atoms. The van der Waals surface area contributed by atoms with Gasteiger partial charge < -0.3 is 5.73 Å². The Labute approximate surface area is 73.1 Å². The van der Waals surface area contributed by atoms with Crippen LogP contribution in [0.1, 0.15) is 20.8 Å². The van der Waals surface area contributed by atoms with Gasteiger partial charge in [-0.25, -0.2) is 0 Å². The fourth-order valence-corrected chi connectivity index (χ4v) is 4.79. The molecule has 1 saturated carbocycles. The zero-order chi connectivity index (χ0) is 8.28. The molecule has 2 aliphatic rings. The molecule has 64 valence electrons. The molecule has 2 fully saturated rings. The Morgan fingerprint density at radius 1 is 1.45 bits per heavy atom. The van der Waals surface area contributed by atoms with Crippen molar-refractivity contribution in [2.24, 2.45) is 22.5 Å². The van der Waals surface area contributed by atoms with Crippen molar-refractivity contribution in [2.45, 2.75) is 26.8 Å². The molecule has 2 N–H and O–H groups in total. The van der Waals surface area contributed by atoms with Crippen LogP contribution in [-0.2, 0) is 0 Å². The number of rotatable bonds is 0. The van der Waals surface area contributed by atoms with E-state index in [4.69, 9.17) is 5.73 Å². The van der Waals surface area contributed by atoms with Crippen LogP contribution in [-0.4, -0.2) is 17.5 Å². The Hall–Kier alpha value is 0.310. The molecular weight excluding hydrogens is 154 g/mol. The molecule has 0 aromatic rings. The molecule has 0 bridgehead atoms. The van der Waals surface area contributed by atoms with Gasteiger partial charge in [0.25, 0.3) is 0 Å². The summed E-state index contributed by atoms with van der Waals surface area (Å²) < 4.78 is 0. The van der Waals surface area contributed by atoms with Crippen LogP contribution >= 0.6 is 11.8 Å². The molecular formula is C9H17NS. The van der Waals surface area contributed by atoms with Gasteiger partial charge in [0.15, 0.2) is 0 Å². The summed E-state index contributed by atoms with van der Waals surface area (Å²) in [5.41, 5.74) is 7.03. The van der Waals surface area contributed by atoms with Gasteiger partial charge in [0.1, 0.15) is 0 Å². The largest absolute Gasteiger partial charge is 0.327 e. The van der Waals surface area contributed by atoms with Gasteiger partial charge in [0.2, 0.25) is 0 Å². The zero-order valence-corrected chi connectivity index (χ0v) is 8.37. The summed E-state index contributed by atoms with van der Waals surface area (Å²) in [7, 11) is 0. The maximum Gasteiger partial charge on any atom is 0.0170 e. The minimum atomic E-state index is 0.413. The summed E-state index contributed by atoms with van der Waals surface area (Å²) >= 11 is 2.08. The number of thioether (sulfide) groups is 1. The smallest absolute Gasteiger partial charge is 0.0170 e. The summed E-state index contributed by atoms with van der Waals surface area (Å²) in [6.07, 6.45) is 0. The van der Waals surface area contributed by atoms with E-state index in [2.05, 4.69) is 32.5 Å². The lowest BCUT2D eigenvalue weighted by Crippen LogP contribution is -2.20. The van der Waals surface area contributed by atoms with Crippen LogP contribution in [0.25, 0.3) is 0 Å². The fourth-order valence-electron chi connectivity index (χ4n) is 2.84. The summed E-state index contributed by atoms with van der Waals surface area (Å²) in [4.78, 5) is 0. The molecule has 1 saturated heterocycles. The summed E-state index contributed by atoms with van der Waals surface area (Å²) in [5, 5.41) is 0. The molecule has 2 rings (SSSR count). The van der Waals surface area contributed by atoms with Crippen LogP contribution in [0.2, 0.25) is 0 Å². The van der Waals surface area contributed by atoms with Crippen LogP contribution in [0, 0.1) is 16.7 Å². The van der Waals surface area contributed by atoms with Crippen molar-refractivity contribution in [2.75, 3.05) is 11.5 Å². The lowest BCUT2D eigenvalue weighted by Gasteiger charge is -2.16. The monoisotopic (exact) mass is 171 g/mol. The number of hydrogen-bond donors (Lipinski definition) is 1. The second kappa shape index (κ2) is 1.97. The standard InChI is InChI=1S/C9H17NS/c1-6-4-11-5-9(6)7(10)8(9,2)3/h6-7H,4-5,10H2,1-3H3. The molecule has 1 aliphatic heterocycles. The van der Waals surface area contributed by atoms with Crippen LogP contribution in [0.3, 0.4) is 0 Å². The van der Waals surface area contributed by atoms with Crippen molar-refractivity contribution in [3.8, 4) is 0 Å². The Bertz CT molecular complexity index is 184. The maximum absolute atomic E-state index is 6.12. The molecule has 3 unspecified atom stereocenters. The van der Waals surface area contributed by atoms with Gasteiger partial charge in [-0.1, -0.05) is 20.8 Å². The topological polar surface area (TPSA) is 26.0 Å². The van der Waals surface area contributed by atoms with Crippen molar-refractivity contribution in [3.63, 3.8) is 0 Å². The minimum absolute atomic E-state index is 0.413. The lowest BCUT2D eigenvalue weighted by molar-refractivity contribution is 0.334. The van der Waals surface area contributed by atoms with Crippen LogP contribution < -0.4 is 5.73 Å². The number of hydrogen-bond acceptors (Lipinski definition) is 2. The second-order valence-corrected chi connectivity index (χ2v) is 5.69. The average Bonchev–Trinajstić information content (AvgIpc) is 2.33. The first-order valence-corrected chi connectivity index (χ1v) is 5.52. The van der Waals surface area contributed by atoms with Gasteiger partial charge >= 0.3 is 0 Å². The van der Waals surface area contributed by atoms with E-state index in [0.717, 1.165) is 5.92 Å². The highest BCUT2D eigenvalue weighted by atomic mass is 32.2. The molecule has 3 atom stereocenters. The summed E-state index contributed by atoms with van der Waals surface area (Å²) in [5.74, 6) is 3.44. The third-order valence-electron chi connectivity index (χ3n) is 4.04. The molecule has 0 amide bonds. The average molecular weight is 171 g/mol. The third kappa shape index (κ3) is 0.682. The molecule has 1 aliphatic carbocycles. The van der Waals surface area contributed by atoms with E-state index in [9.17, 15) is 0 Å². The Morgan fingerprint density at radius 3 is 2.18 bits per heavy atom. The highest BCUT2D eigenvalue weighted by Gasteiger charge is 2.72. The molecule has 0 aromatic carbocycles. The summed E-state index contributed by atoms with van der Waals surface area (Å²) in [6.45, 7) is 6.99. The first-order valence-electron chi connectivity index (χ1n) is 4.37. The van der Waals surface area contributed by atoms with E-state index < -0.39 is 0 Å². The van der Waals surface area contributed by atoms with Crippen molar-refractivity contribution < 1.29 is 0 Å². The highest BCUT2D eigenvalue weighted by molar-refractivity contribution is 7.99. The predicted octanol–water partition coefficient (Wildman–Crippen LogP) is 1.72. The molecule has 1 nitrogen and oxygen atoms in total. The molecule has 11 heavy (non-hydrogen) atoms. The van der Waals surface area contributed by atoms with E-state index in [1.165, 1.54) is 11.5 Å². The van der Waals surface area contributed by atoms with E-state index in [1.807, 2.05) is 0 Å². The lowest BCUT2D eigenvalue weighted by atomic mass is 9.87. The second-order valence-electron chi connectivity index (χ2n) is 4.66. The van der Waals surface area contributed by atoms with E-state index in [0.29, 0.717) is 16.9 Å². The SMILES string of the molecule is CC1CSCC12C(N)C2(C)C. The fraction of sp³-hybridized carbons (Fsp3) is 1.00. The van der Waals surface area contributed by atoms with Crippen molar-refractivity contribution in [3.05, 3.63) is 0 Å². The van der Waals surface area contributed by atoms with E-state index in [1.54, 1.807) is 0 Å². The Morgan fingerprint density at radius 2 is 2.00 bits per heavy atom.